The molecule has 10 nitrogen and oxygen atoms in total. The first kappa shape index (κ1) is 25.3. The van der Waals surface area contributed by atoms with E-state index in [-0.39, 0.29) is 5.91 Å². The Kier molecular flexibility index (Phi) is 8.72. The predicted octanol–water partition coefficient (Wildman–Crippen LogP) is 0.524. The number of carbonyl (C=O) groups excluding carboxylic acids is 3. The van der Waals surface area contributed by atoms with Crippen molar-refractivity contribution in [3.63, 3.8) is 0 Å². The van der Waals surface area contributed by atoms with Crippen molar-refractivity contribution in [1.29, 1.82) is 0 Å². The number of hydrogen-bond donors (Lipinski definition) is 5. The van der Waals surface area contributed by atoms with Gasteiger partial charge in [-0.05, 0) is 49.4 Å². The highest BCUT2D eigenvalue weighted by atomic mass is 16.5. The lowest BCUT2D eigenvalue weighted by atomic mass is 10.0. The first-order valence-electron chi connectivity index (χ1n) is 11.1. The monoisotopic (exact) mass is 469 g/mol. The maximum Gasteiger partial charge on any atom is 0.268 e. The van der Waals surface area contributed by atoms with Gasteiger partial charge in [-0.15, -0.1) is 0 Å². The number of likely N-dealkylation sites (N-methyl/N-ethyl adjacent to an activating group) is 1. The standard InChI is InChI=1S/C24H31N5O5/c1-16(30)22(24(33)27-34)26-23(32)19-5-3-17(4-6-19)18-7-9-20(10-8-18)25-21(31)15-29-13-11-28(2)12-14-29/h3-10,16,22,30,34H,11-15H2,1-2H3,(H,25,31)(H,26,32)(H,27,33)/t16-,22+/m1/s1. The number of carbonyl (C=O) groups is 3. The molecule has 0 bridgehead atoms. The van der Waals surface area contributed by atoms with E-state index >= 15 is 0 Å². The molecule has 1 aliphatic heterocycles. The molecule has 1 saturated heterocycles. The number of piperazine rings is 1. The van der Waals surface area contributed by atoms with Gasteiger partial charge in [0.15, 0.2) is 0 Å². The Bertz CT molecular complexity index is 986. The van der Waals surface area contributed by atoms with Gasteiger partial charge in [0, 0.05) is 37.4 Å². The molecule has 0 unspecified atom stereocenters. The van der Waals surface area contributed by atoms with E-state index < -0.39 is 24.0 Å². The Labute approximate surface area is 198 Å². The Hall–Kier alpha value is -3.31. The van der Waals surface area contributed by atoms with Crippen molar-refractivity contribution in [1.82, 2.24) is 20.6 Å². The van der Waals surface area contributed by atoms with E-state index in [0.29, 0.717) is 17.8 Å². The van der Waals surface area contributed by atoms with Gasteiger partial charge in [0.25, 0.3) is 11.8 Å². The second-order valence-electron chi connectivity index (χ2n) is 8.45. The van der Waals surface area contributed by atoms with Crippen molar-refractivity contribution in [3.8, 4) is 11.1 Å². The van der Waals surface area contributed by atoms with Crippen LogP contribution in [0.1, 0.15) is 17.3 Å². The third kappa shape index (κ3) is 6.84. The average molecular weight is 470 g/mol. The zero-order valence-corrected chi connectivity index (χ0v) is 19.3. The second kappa shape index (κ2) is 11.7. The summed E-state index contributed by atoms with van der Waals surface area (Å²) in [6, 6.07) is 12.9. The van der Waals surface area contributed by atoms with Crippen LogP contribution in [0.2, 0.25) is 0 Å². The molecule has 1 aliphatic rings. The van der Waals surface area contributed by atoms with Crippen molar-refractivity contribution in [2.45, 2.75) is 19.1 Å². The summed E-state index contributed by atoms with van der Waals surface area (Å²) in [6.07, 6.45) is -1.18. The molecular weight excluding hydrogens is 438 g/mol. The number of hydrogen-bond acceptors (Lipinski definition) is 7. The number of benzene rings is 2. The van der Waals surface area contributed by atoms with Crippen LogP contribution in [-0.4, -0.2) is 89.8 Å². The lowest BCUT2D eigenvalue weighted by Crippen LogP contribution is -2.51. The highest BCUT2D eigenvalue weighted by Crippen LogP contribution is 2.22. The predicted molar refractivity (Wildman–Crippen MR) is 127 cm³/mol. The highest BCUT2D eigenvalue weighted by molar-refractivity contribution is 5.98. The Morgan fingerprint density at radius 1 is 0.941 bits per heavy atom. The van der Waals surface area contributed by atoms with Gasteiger partial charge in [-0.1, -0.05) is 24.3 Å². The molecule has 1 heterocycles. The molecular formula is C24H31N5O5. The zero-order valence-electron chi connectivity index (χ0n) is 19.3. The third-order valence-electron chi connectivity index (χ3n) is 5.77. The minimum atomic E-state index is -1.28. The van der Waals surface area contributed by atoms with Gasteiger partial charge >= 0.3 is 0 Å². The van der Waals surface area contributed by atoms with E-state index in [1.165, 1.54) is 12.4 Å². The summed E-state index contributed by atoms with van der Waals surface area (Å²) < 4.78 is 0. The van der Waals surface area contributed by atoms with Crippen LogP contribution in [0.4, 0.5) is 5.69 Å². The lowest BCUT2D eigenvalue weighted by Gasteiger charge is -2.31. The molecule has 5 N–H and O–H groups in total. The van der Waals surface area contributed by atoms with Crippen molar-refractivity contribution in [2.24, 2.45) is 0 Å². The summed E-state index contributed by atoms with van der Waals surface area (Å²) in [5, 5.41) is 23.7. The molecule has 0 saturated carbocycles. The van der Waals surface area contributed by atoms with Gasteiger partial charge in [-0.2, -0.15) is 0 Å². The number of anilines is 1. The minimum absolute atomic E-state index is 0.0435. The first-order valence-corrected chi connectivity index (χ1v) is 11.1. The van der Waals surface area contributed by atoms with Crippen molar-refractivity contribution in [3.05, 3.63) is 54.1 Å². The Balaban J connectivity index is 1.56. The topological polar surface area (TPSA) is 134 Å². The largest absolute Gasteiger partial charge is 0.391 e. The van der Waals surface area contributed by atoms with Crippen LogP contribution >= 0.6 is 0 Å². The van der Waals surface area contributed by atoms with Crippen LogP contribution in [0.5, 0.6) is 0 Å². The number of nitrogens with one attached hydrogen (secondary N) is 3. The number of amides is 3. The molecule has 0 spiro atoms. The summed E-state index contributed by atoms with van der Waals surface area (Å²) in [6.45, 7) is 5.39. The molecule has 10 heteroatoms. The van der Waals surface area contributed by atoms with Gasteiger partial charge in [0.2, 0.25) is 5.91 Å². The van der Waals surface area contributed by atoms with E-state index in [4.69, 9.17) is 5.21 Å². The van der Waals surface area contributed by atoms with Gasteiger partial charge in [0.05, 0.1) is 12.6 Å². The molecule has 3 rings (SSSR count). The van der Waals surface area contributed by atoms with Gasteiger partial charge in [-0.3, -0.25) is 24.5 Å². The number of hydroxylamine groups is 1. The van der Waals surface area contributed by atoms with Crippen LogP contribution in [-0.2, 0) is 9.59 Å². The van der Waals surface area contributed by atoms with Crippen LogP contribution in [0, 0.1) is 0 Å². The summed E-state index contributed by atoms with van der Waals surface area (Å²) in [5.74, 6) is -1.51. The maximum atomic E-state index is 12.4. The van der Waals surface area contributed by atoms with E-state index in [2.05, 4.69) is 27.5 Å². The van der Waals surface area contributed by atoms with E-state index in [1.807, 2.05) is 24.3 Å². The normalized spacial score (nSPS) is 16.4. The van der Waals surface area contributed by atoms with Crippen LogP contribution in [0.3, 0.4) is 0 Å². The maximum absolute atomic E-state index is 12.4. The zero-order chi connectivity index (χ0) is 24.7. The van der Waals surface area contributed by atoms with Gasteiger partial charge in [0.1, 0.15) is 6.04 Å². The van der Waals surface area contributed by atoms with Crippen molar-refractivity contribution < 1.29 is 24.7 Å². The molecule has 182 valence electrons. The molecule has 3 amide bonds. The van der Waals surface area contributed by atoms with Gasteiger partial charge in [-0.25, -0.2) is 5.48 Å². The number of aliphatic hydroxyl groups excluding tert-OH is 1. The summed E-state index contributed by atoms with van der Waals surface area (Å²) in [7, 11) is 2.08. The summed E-state index contributed by atoms with van der Waals surface area (Å²) >= 11 is 0. The quantitative estimate of drug-likeness (QED) is 0.281. The molecule has 0 radical (unpaired) electrons. The smallest absolute Gasteiger partial charge is 0.268 e. The molecule has 1 fully saturated rings. The Morgan fingerprint density at radius 3 is 2.03 bits per heavy atom. The minimum Gasteiger partial charge on any atom is -0.391 e. The van der Waals surface area contributed by atoms with E-state index in [0.717, 1.165) is 37.3 Å². The molecule has 2 atom stereocenters. The molecule has 2 aromatic carbocycles. The lowest BCUT2D eigenvalue weighted by molar-refractivity contribution is -0.133. The van der Waals surface area contributed by atoms with E-state index in [1.54, 1.807) is 24.3 Å². The van der Waals surface area contributed by atoms with Crippen LogP contribution in [0.15, 0.2) is 48.5 Å². The number of aliphatic hydroxyl groups is 1. The molecule has 0 aliphatic carbocycles. The molecule has 0 aromatic heterocycles. The number of nitrogens with zero attached hydrogens (tertiary/aromatic N) is 2. The van der Waals surface area contributed by atoms with Crippen LogP contribution in [0.25, 0.3) is 11.1 Å². The summed E-state index contributed by atoms with van der Waals surface area (Å²) in [4.78, 5) is 40.7. The van der Waals surface area contributed by atoms with Crippen LogP contribution < -0.4 is 16.1 Å². The fraction of sp³-hybridized carbons (Fsp3) is 0.375. The average Bonchev–Trinajstić information content (AvgIpc) is 2.83. The highest BCUT2D eigenvalue weighted by Gasteiger charge is 2.25. The molecule has 2 aromatic rings. The third-order valence-corrected chi connectivity index (χ3v) is 5.77. The first-order chi connectivity index (χ1) is 16.3. The van der Waals surface area contributed by atoms with E-state index in [9.17, 15) is 19.5 Å². The Morgan fingerprint density at radius 2 is 1.50 bits per heavy atom. The van der Waals surface area contributed by atoms with Crippen molar-refractivity contribution >= 4 is 23.4 Å². The summed E-state index contributed by atoms with van der Waals surface area (Å²) in [5.41, 5.74) is 4.22. The SMILES string of the molecule is C[C@@H](O)[C@H](NC(=O)c1ccc(-c2ccc(NC(=O)CN3CCN(C)CC3)cc2)cc1)C(=O)NO. The van der Waals surface area contributed by atoms with Crippen molar-refractivity contribution in [2.75, 3.05) is 45.1 Å². The fourth-order valence-electron chi connectivity index (χ4n) is 3.67. The molecule has 34 heavy (non-hydrogen) atoms. The van der Waals surface area contributed by atoms with Gasteiger partial charge < -0.3 is 20.6 Å². The second-order valence-corrected chi connectivity index (χ2v) is 8.45. The number of rotatable bonds is 8. The fourth-order valence-corrected chi connectivity index (χ4v) is 3.67.